The van der Waals surface area contributed by atoms with Crippen LogP contribution in [-0.2, 0) is 0 Å². The van der Waals surface area contributed by atoms with Gasteiger partial charge in [-0.2, -0.15) is 0 Å². The topological polar surface area (TPSA) is 132 Å². The number of para-hydroxylation sites is 1. The molecule has 0 spiro atoms. The summed E-state index contributed by atoms with van der Waals surface area (Å²) in [6.07, 6.45) is -1.02. The third kappa shape index (κ3) is 5.29. The molecule has 6 rings (SSSR count). The van der Waals surface area contributed by atoms with E-state index >= 15 is 0 Å². The van der Waals surface area contributed by atoms with Gasteiger partial charge in [0.2, 0.25) is 0 Å². The van der Waals surface area contributed by atoms with E-state index in [1.165, 1.54) is 7.05 Å². The molecular weight excluding hydrogens is 558 g/mol. The largest absolute Gasteiger partial charge is 0.489 e. The lowest BCUT2D eigenvalue weighted by Gasteiger charge is -2.24. The van der Waals surface area contributed by atoms with Gasteiger partial charge >= 0.3 is 12.1 Å². The molecule has 3 N–H and O–H groups in total. The Labute approximate surface area is 253 Å². The Morgan fingerprint density at radius 3 is 2.27 bits per heavy atom. The molecule has 1 aliphatic carbocycles. The maximum Gasteiger partial charge on any atom is 0.417 e. The summed E-state index contributed by atoms with van der Waals surface area (Å²) in [5, 5.41) is 8.63. The second-order valence-electron chi connectivity index (χ2n) is 10.5. The number of benzene rings is 4. The predicted molar refractivity (Wildman–Crippen MR) is 169 cm³/mol. The number of aryl methyl sites for hydroxylation is 1. The number of rotatable bonds is 6. The molecule has 0 unspecified atom stereocenters. The van der Waals surface area contributed by atoms with E-state index in [0.717, 1.165) is 5.56 Å². The highest BCUT2D eigenvalue weighted by Gasteiger charge is 2.33. The van der Waals surface area contributed by atoms with Crippen LogP contribution in [0.1, 0.15) is 35.3 Å². The number of fused-ring (bicyclic) bond motifs is 2. The van der Waals surface area contributed by atoms with Crippen molar-refractivity contribution in [2.45, 2.75) is 26.9 Å². The Balaban J connectivity index is 1.60. The summed E-state index contributed by atoms with van der Waals surface area (Å²) >= 11 is 0. The second-order valence-corrected chi connectivity index (χ2v) is 10.5. The summed E-state index contributed by atoms with van der Waals surface area (Å²) in [5.74, 6) is 0.728. The molecule has 1 heterocycles. The molecule has 3 amide bonds. The minimum absolute atomic E-state index is 0.212. The first-order valence-corrected chi connectivity index (χ1v) is 14.1. The average molecular weight is 588 g/mol. The van der Waals surface area contributed by atoms with Crippen molar-refractivity contribution in [3.63, 3.8) is 0 Å². The minimum atomic E-state index is -0.766. The molecule has 1 aromatic heterocycles. The van der Waals surface area contributed by atoms with Gasteiger partial charge in [-0.25, -0.2) is 19.6 Å². The third-order valence-corrected chi connectivity index (χ3v) is 7.04. The molecule has 0 saturated heterocycles. The molecule has 0 aliphatic heterocycles. The highest BCUT2D eigenvalue weighted by Crippen LogP contribution is 2.45. The highest BCUT2D eigenvalue weighted by molar-refractivity contribution is 6.29. The molecular formula is C34H29N5O5. The number of carbonyl (C=O) groups excluding carboxylic acids is 3. The van der Waals surface area contributed by atoms with Crippen molar-refractivity contribution in [2.75, 3.05) is 17.7 Å². The zero-order valence-electron chi connectivity index (χ0n) is 24.5. The molecule has 0 fully saturated rings. The molecule has 4 aromatic carbocycles. The molecule has 0 atom stereocenters. The van der Waals surface area contributed by atoms with Crippen LogP contribution in [0.2, 0.25) is 0 Å². The Hall–Kier alpha value is -5.77. The van der Waals surface area contributed by atoms with Gasteiger partial charge in [-0.1, -0.05) is 48.5 Å². The molecule has 44 heavy (non-hydrogen) atoms. The SMILES string of the molecule is CNC(=O)Nc1cc(C)ccc1-c1nc2c3c(c(NC(=O)Oc4ccccc4)cc(OC(C)C)c3n1)C(=O)c1ccccc1-2. The Bertz CT molecular complexity index is 1960. The molecule has 5 aromatic rings. The van der Waals surface area contributed by atoms with Crippen molar-refractivity contribution >= 4 is 40.2 Å². The van der Waals surface area contributed by atoms with Crippen molar-refractivity contribution in [1.82, 2.24) is 15.3 Å². The maximum atomic E-state index is 14.0. The van der Waals surface area contributed by atoms with Crippen molar-refractivity contribution in [3.05, 3.63) is 95.6 Å². The highest BCUT2D eigenvalue weighted by atomic mass is 16.6. The van der Waals surface area contributed by atoms with Gasteiger partial charge in [0.05, 0.1) is 28.7 Å². The summed E-state index contributed by atoms with van der Waals surface area (Å²) in [6.45, 7) is 5.66. The quantitative estimate of drug-likeness (QED) is 0.192. The summed E-state index contributed by atoms with van der Waals surface area (Å²) in [6, 6.07) is 22.6. The van der Waals surface area contributed by atoms with Gasteiger partial charge < -0.3 is 20.1 Å². The number of aromatic nitrogens is 2. The number of amides is 3. The number of anilines is 2. The standard InChI is InChI=1S/C34H29N5O5/c1-18(2)43-26-17-25(37-34(42)44-20-10-6-5-7-11-20)27-28-29(21-12-8-9-13-22(21)31(27)40)38-32(39-30(26)28)23-15-14-19(3)16-24(23)36-33(41)35-4/h5-18H,1-4H3,(H,37,42)(H2,35,36,41). The lowest BCUT2D eigenvalue weighted by molar-refractivity contribution is 0.104. The molecule has 1 aliphatic rings. The fraction of sp³-hybridized carbons (Fsp3) is 0.147. The second kappa shape index (κ2) is 11.5. The van der Waals surface area contributed by atoms with Crippen LogP contribution in [0.4, 0.5) is 21.0 Å². The van der Waals surface area contributed by atoms with Crippen LogP contribution in [0.25, 0.3) is 33.5 Å². The first-order chi connectivity index (χ1) is 21.2. The fourth-order valence-corrected chi connectivity index (χ4v) is 5.17. The Morgan fingerprint density at radius 1 is 0.818 bits per heavy atom. The predicted octanol–water partition coefficient (Wildman–Crippen LogP) is 6.97. The van der Waals surface area contributed by atoms with E-state index in [1.54, 1.807) is 42.5 Å². The van der Waals surface area contributed by atoms with Gasteiger partial charge in [0, 0.05) is 35.2 Å². The number of hydrogen-bond donors (Lipinski definition) is 3. The van der Waals surface area contributed by atoms with Crippen LogP contribution >= 0.6 is 0 Å². The van der Waals surface area contributed by atoms with Crippen molar-refractivity contribution in [3.8, 4) is 34.1 Å². The minimum Gasteiger partial charge on any atom is -0.489 e. The summed E-state index contributed by atoms with van der Waals surface area (Å²) in [4.78, 5) is 49.3. The average Bonchev–Trinajstić information content (AvgIpc) is 3.00. The van der Waals surface area contributed by atoms with Gasteiger partial charge in [-0.05, 0) is 50.6 Å². The number of nitrogens with zero attached hydrogens (tertiary/aromatic N) is 2. The van der Waals surface area contributed by atoms with Crippen LogP contribution in [-0.4, -0.2) is 41.0 Å². The number of carbonyl (C=O) groups is 3. The summed E-state index contributed by atoms with van der Waals surface area (Å²) in [7, 11) is 1.54. The van der Waals surface area contributed by atoms with E-state index < -0.39 is 6.09 Å². The first-order valence-electron chi connectivity index (χ1n) is 14.1. The van der Waals surface area contributed by atoms with Gasteiger partial charge in [-0.15, -0.1) is 0 Å². The number of nitrogens with one attached hydrogen (secondary N) is 3. The smallest absolute Gasteiger partial charge is 0.417 e. The van der Waals surface area contributed by atoms with E-state index in [4.69, 9.17) is 19.4 Å². The van der Waals surface area contributed by atoms with E-state index in [9.17, 15) is 14.4 Å². The zero-order chi connectivity index (χ0) is 31.0. The van der Waals surface area contributed by atoms with Crippen LogP contribution in [0.15, 0.2) is 78.9 Å². The van der Waals surface area contributed by atoms with E-state index in [1.807, 2.05) is 57.2 Å². The Morgan fingerprint density at radius 2 is 1.55 bits per heavy atom. The number of hydrogen-bond acceptors (Lipinski definition) is 7. The van der Waals surface area contributed by atoms with Gasteiger partial charge in [0.25, 0.3) is 0 Å². The van der Waals surface area contributed by atoms with Crippen LogP contribution in [0, 0.1) is 6.92 Å². The van der Waals surface area contributed by atoms with Gasteiger partial charge in [0.1, 0.15) is 17.0 Å². The molecule has 0 radical (unpaired) electrons. The van der Waals surface area contributed by atoms with E-state index in [-0.39, 0.29) is 29.2 Å². The van der Waals surface area contributed by atoms with Crippen molar-refractivity contribution in [1.29, 1.82) is 0 Å². The van der Waals surface area contributed by atoms with Crippen LogP contribution in [0.3, 0.4) is 0 Å². The number of ketones is 1. The molecule has 220 valence electrons. The lowest BCUT2D eigenvalue weighted by Crippen LogP contribution is -2.25. The van der Waals surface area contributed by atoms with Gasteiger partial charge in [-0.3, -0.25) is 10.1 Å². The molecule has 0 saturated carbocycles. The monoisotopic (exact) mass is 587 g/mol. The summed E-state index contributed by atoms with van der Waals surface area (Å²) in [5.41, 5.74) is 4.41. The van der Waals surface area contributed by atoms with Crippen LogP contribution in [0.5, 0.6) is 11.5 Å². The van der Waals surface area contributed by atoms with Crippen LogP contribution < -0.4 is 25.4 Å². The van der Waals surface area contributed by atoms with E-state index in [2.05, 4.69) is 16.0 Å². The summed E-state index contributed by atoms with van der Waals surface area (Å²) < 4.78 is 11.7. The maximum absolute atomic E-state index is 14.0. The van der Waals surface area contributed by atoms with Crippen molar-refractivity contribution < 1.29 is 23.9 Å². The normalized spacial score (nSPS) is 11.6. The Kier molecular flexibility index (Phi) is 7.40. The molecule has 0 bridgehead atoms. The zero-order valence-corrected chi connectivity index (χ0v) is 24.5. The number of urea groups is 1. The van der Waals surface area contributed by atoms with Crippen molar-refractivity contribution in [2.24, 2.45) is 0 Å². The fourth-order valence-electron chi connectivity index (χ4n) is 5.17. The third-order valence-electron chi connectivity index (χ3n) is 7.04. The first kappa shape index (κ1) is 28.4. The lowest BCUT2D eigenvalue weighted by atomic mass is 9.85. The van der Waals surface area contributed by atoms with Gasteiger partial charge in [0.15, 0.2) is 11.6 Å². The molecule has 10 nitrogen and oxygen atoms in total. The number of ether oxygens (including phenoxy) is 2. The van der Waals surface area contributed by atoms with E-state index in [0.29, 0.717) is 56.3 Å². The molecule has 10 heteroatoms.